The highest BCUT2D eigenvalue weighted by molar-refractivity contribution is 5.81. The second-order valence-electron chi connectivity index (χ2n) is 5.28. The summed E-state index contributed by atoms with van der Waals surface area (Å²) in [5.41, 5.74) is 6.09. The molecule has 5 nitrogen and oxygen atoms in total. The molecule has 5 heteroatoms. The lowest BCUT2D eigenvalue weighted by Crippen LogP contribution is -2.45. The highest BCUT2D eigenvalue weighted by atomic mass is 16.5. The summed E-state index contributed by atoms with van der Waals surface area (Å²) in [6.45, 7) is 2.49. The lowest BCUT2D eigenvalue weighted by molar-refractivity contribution is -0.143. The van der Waals surface area contributed by atoms with Crippen molar-refractivity contribution in [2.75, 3.05) is 13.2 Å². The molecule has 2 aliphatic carbocycles. The third kappa shape index (κ3) is 2.66. The maximum atomic E-state index is 12.0. The van der Waals surface area contributed by atoms with Crippen molar-refractivity contribution in [3.8, 4) is 0 Å². The molecule has 4 unspecified atom stereocenters. The Morgan fingerprint density at radius 3 is 2.67 bits per heavy atom. The summed E-state index contributed by atoms with van der Waals surface area (Å²) in [5.74, 6) is 0.670. The van der Waals surface area contributed by atoms with Crippen LogP contribution in [0.4, 0.5) is 0 Å². The van der Waals surface area contributed by atoms with Crippen molar-refractivity contribution < 1.29 is 14.3 Å². The van der Waals surface area contributed by atoms with Crippen LogP contribution in [-0.2, 0) is 14.3 Å². The molecule has 2 bridgehead atoms. The van der Waals surface area contributed by atoms with E-state index in [-0.39, 0.29) is 30.3 Å². The van der Waals surface area contributed by atoms with Crippen molar-refractivity contribution in [2.24, 2.45) is 23.5 Å². The molecule has 0 radical (unpaired) electrons. The number of rotatable bonds is 5. The molecule has 3 N–H and O–H groups in total. The second-order valence-corrected chi connectivity index (χ2v) is 5.28. The Morgan fingerprint density at radius 2 is 2.06 bits per heavy atom. The van der Waals surface area contributed by atoms with Gasteiger partial charge in [0, 0.05) is 12.6 Å². The van der Waals surface area contributed by atoms with Gasteiger partial charge in [0.15, 0.2) is 0 Å². The topological polar surface area (TPSA) is 81.4 Å². The molecule has 2 rings (SSSR count). The van der Waals surface area contributed by atoms with Gasteiger partial charge in [0.05, 0.1) is 18.9 Å². The van der Waals surface area contributed by atoms with Crippen LogP contribution in [0.3, 0.4) is 0 Å². The Labute approximate surface area is 107 Å². The monoisotopic (exact) mass is 254 g/mol. The number of ether oxygens (including phenoxy) is 1. The van der Waals surface area contributed by atoms with E-state index in [0.717, 1.165) is 12.8 Å². The highest BCUT2D eigenvalue weighted by Gasteiger charge is 2.48. The Kier molecular flexibility index (Phi) is 4.22. The predicted molar refractivity (Wildman–Crippen MR) is 66.6 cm³/mol. The fourth-order valence-electron chi connectivity index (χ4n) is 3.36. The standard InChI is InChI=1S/C13H22N2O3/c1-2-18-10(16)5-6-15-13(17)11-8-3-4-9(7-8)12(11)14/h8-9,11-12H,2-7,14H2,1H3,(H,15,17). The number of nitrogens with one attached hydrogen (secondary N) is 1. The summed E-state index contributed by atoms with van der Waals surface area (Å²) in [6, 6.07) is 0.00587. The Hall–Kier alpha value is -1.10. The zero-order valence-electron chi connectivity index (χ0n) is 10.9. The number of carbonyl (C=O) groups is 2. The minimum absolute atomic E-state index is 0.00587. The highest BCUT2D eigenvalue weighted by Crippen LogP contribution is 2.47. The van der Waals surface area contributed by atoms with E-state index in [9.17, 15) is 9.59 Å². The van der Waals surface area contributed by atoms with Crippen LogP contribution in [0.25, 0.3) is 0 Å². The van der Waals surface area contributed by atoms with Gasteiger partial charge in [-0.2, -0.15) is 0 Å². The molecule has 0 saturated heterocycles. The average molecular weight is 254 g/mol. The van der Waals surface area contributed by atoms with E-state index in [1.165, 1.54) is 6.42 Å². The van der Waals surface area contributed by atoms with Gasteiger partial charge < -0.3 is 15.8 Å². The van der Waals surface area contributed by atoms with E-state index >= 15 is 0 Å². The zero-order chi connectivity index (χ0) is 13.1. The van der Waals surface area contributed by atoms with Gasteiger partial charge in [0.25, 0.3) is 0 Å². The van der Waals surface area contributed by atoms with E-state index in [4.69, 9.17) is 10.5 Å². The molecule has 0 aromatic carbocycles. The molecule has 1 amide bonds. The summed E-state index contributed by atoms with van der Waals surface area (Å²) < 4.78 is 4.80. The van der Waals surface area contributed by atoms with Gasteiger partial charge >= 0.3 is 5.97 Å². The van der Waals surface area contributed by atoms with Crippen LogP contribution in [0, 0.1) is 17.8 Å². The molecule has 0 spiro atoms. The molecule has 0 aromatic heterocycles. The number of hydrogen-bond donors (Lipinski definition) is 2. The summed E-state index contributed by atoms with van der Waals surface area (Å²) in [7, 11) is 0. The van der Waals surface area contributed by atoms with Crippen LogP contribution in [-0.4, -0.2) is 31.1 Å². The SMILES string of the molecule is CCOC(=O)CCNC(=O)C1C2CCC(C2)C1N. The van der Waals surface area contributed by atoms with Crippen LogP contribution >= 0.6 is 0 Å². The van der Waals surface area contributed by atoms with Crippen molar-refractivity contribution >= 4 is 11.9 Å². The molecule has 2 saturated carbocycles. The van der Waals surface area contributed by atoms with Crippen molar-refractivity contribution in [3.63, 3.8) is 0 Å². The van der Waals surface area contributed by atoms with Gasteiger partial charge in [-0.05, 0) is 38.0 Å². The number of esters is 1. The van der Waals surface area contributed by atoms with E-state index in [2.05, 4.69) is 5.32 Å². The number of amides is 1. The van der Waals surface area contributed by atoms with Crippen LogP contribution in [0.5, 0.6) is 0 Å². The first kappa shape index (κ1) is 13.3. The average Bonchev–Trinajstić information content (AvgIpc) is 2.89. The van der Waals surface area contributed by atoms with Crippen molar-refractivity contribution in [3.05, 3.63) is 0 Å². The normalized spacial score (nSPS) is 33.4. The van der Waals surface area contributed by atoms with Gasteiger partial charge in [0.2, 0.25) is 5.91 Å². The summed E-state index contributed by atoms with van der Waals surface area (Å²) in [4.78, 5) is 23.2. The quantitative estimate of drug-likeness (QED) is 0.697. The smallest absolute Gasteiger partial charge is 0.307 e. The van der Waals surface area contributed by atoms with Crippen LogP contribution in [0.2, 0.25) is 0 Å². The molecule has 102 valence electrons. The lowest BCUT2D eigenvalue weighted by Gasteiger charge is -2.26. The van der Waals surface area contributed by atoms with Crippen molar-refractivity contribution in [2.45, 2.75) is 38.6 Å². The third-order valence-electron chi connectivity index (χ3n) is 4.22. The van der Waals surface area contributed by atoms with Gasteiger partial charge in [-0.25, -0.2) is 0 Å². The molecule has 18 heavy (non-hydrogen) atoms. The number of carbonyl (C=O) groups excluding carboxylic acids is 2. The summed E-state index contributed by atoms with van der Waals surface area (Å²) in [6.07, 6.45) is 3.61. The fraction of sp³-hybridized carbons (Fsp3) is 0.846. The van der Waals surface area contributed by atoms with Gasteiger partial charge in [-0.1, -0.05) is 0 Å². The van der Waals surface area contributed by atoms with Crippen molar-refractivity contribution in [1.82, 2.24) is 5.32 Å². The van der Waals surface area contributed by atoms with Crippen LogP contribution in [0.15, 0.2) is 0 Å². The lowest BCUT2D eigenvalue weighted by atomic mass is 9.84. The maximum absolute atomic E-state index is 12.0. The van der Waals surface area contributed by atoms with Crippen LogP contribution < -0.4 is 11.1 Å². The van der Waals surface area contributed by atoms with Gasteiger partial charge in [0.1, 0.15) is 0 Å². The number of hydrogen-bond acceptors (Lipinski definition) is 4. The predicted octanol–water partition coefficient (Wildman–Crippen LogP) is 0.429. The largest absolute Gasteiger partial charge is 0.466 e. The molecule has 0 aliphatic heterocycles. The summed E-state index contributed by atoms with van der Waals surface area (Å²) >= 11 is 0. The first-order valence-corrected chi connectivity index (χ1v) is 6.82. The Bertz CT molecular complexity index is 330. The van der Waals surface area contributed by atoms with E-state index in [1.54, 1.807) is 6.92 Å². The number of nitrogens with two attached hydrogens (primary N) is 1. The maximum Gasteiger partial charge on any atom is 0.307 e. The summed E-state index contributed by atoms with van der Waals surface area (Å²) in [5, 5.41) is 2.81. The fourth-order valence-corrected chi connectivity index (χ4v) is 3.36. The Morgan fingerprint density at radius 1 is 1.33 bits per heavy atom. The third-order valence-corrected chi connectivity index (χ3v) is 4.22. The minimum atomic E-state index is -0.268. The van der Waals surface area contributed by atoms with E-state index < -0.39 is 0 Å². The second kappa shape index (κ2) is 5.69. The van der Waals surface area contributed by atoms with Gasteiger partial charge in [-0.3, -0.25) is 9.59 Å². The molecule has 0 aromatic rings. The van der Waals surface area contributed by atoms with Gasteiger partial charge in [-0.15, -0.1) is 0 Å². The van der Waals surface area contributed by atoms with Crippen LogP contribution in [0.1, 0.15) is 32.6 Å². The molecule has 2 fully saturated rings. The minimum Gasteiger partial charge on any atom is -0.466 e. The van der Waals surface area contributed by atoms with Crippen molar-refractivity contribution in [1.29, 1.82) is 0 Å². The molecule has 4 atom stereocenters. The first-order valence-electron chi connectivity index (χ1n) is 6.82. The Balaban J connectivity index is 1.74. The van der Waals surface area contributed by atoms with E-state index in [1.807, 2.05) is 0 Å². The molecule has 2 aliphatic rings. The van der Waals surface area contributed by atoms with E-state index in [0.29, 0.717) is 25.0 Å². The number of fused-ring (bicyclic) bond motifs is 2. The molecular weight excluding hydrogens is 232 g/mol. The zero-order valence-corrected chi connectivity index (χ0v) is 10.9. The molecule has 0 heterocycles. The first-order chi connectivity index (χ1) is 8.63. The molecular formula is C13H22N2O3.